The number of nitrogens with zero attached hydrogens (tertiary/aromatic N) is 4. The Kier molecular flexibility index (Phi) is 11.4. The molecule has 1 saturated heterocycles. The van der Waals surface area contributed by atoms with Gasteiger partial charge in [0.15, 0.2) is 0 Å². The predicted octanol–water partition coefficient (Wildman–Crippen LogP) is 7.64. The smallest absolute Gasteiger partial charge is 0.414 e. The van der Waals surface area contributed by atoms with Crippen molar-refractivity contribution >= 4 is 11.8 Å². The Morgan fingerprint density at radius 3 is 2.08 bits per heavy atom. The maximum atomic E-state index is 12.9. The van der Waals surface area contributed by atoms with Crippen LogP contribution in [0, 0.1) is 20.8 Å². The third-order valence-corrected chi connectivity index (χ3v) is 7.10. The molecule has 0 radical (unpaired) electrons. The van der Waals surface area contributed by atoms with E-state index in [4.69, 9.17) is 9.72 Å². The van der Waals surface area contributed by atoms with Crippen molar-refractivity contribution in [2.24, 2.45) is 0 Å². The van der Waals surface area contributed by atoms with Crippen molar-refractivity contribution in [2.75, 3.05) is 18.0 Å². The molecule has 0 saturated carbocycles. The van der Waals surface area contributed by atoms with E-state index in [1.54, 1.807) is 4.90 Å². The summed E-state index contributed by atoms with van der Waals surface area (Å²) in [4.78, 5) is 22.0. The van der Waals surface area contributed by atoms with Gasteiger partial charge >= 0.3 is 6.09 Å². The minimum atomic E-state index is -0.517. The Morgan fingerprint density at radius 1 is 1.05 bits per heavy atom. The van der Waals surface area contributed by atoms with Crippen LogP contribution in [0.5, 0.6) is 0 Å². The van der Waals surface area contributed by atoms with Gasteiger partial charge < -0.3 is 9.30 Å². The van der Waals surface area contributed by atoms with Gasteiger partial charge in [-0.25, -0.2) is 9.78 Å². The van der Waals surface area contributed by atoms with Crippen LogP contribution in [-0.2, 0) is 4.74 Å². The van der Waals surface area contributed by atoms with Crippen molar-refractivity contribution in [3.63, 3.8) is 0 Å². The standard InChI is InChI=1S/C27H42N4O2.C4H8/c1-19-17-25(31-22(4)21(3)28-23(31)5)18-20(2)29(19)15-12-16-30(24-13-10-9-11-14-24)26(32)33-27(6,7)8;1-3-4-2/h9-11,13-14,19-20,25H,12,15-18H2,1-8H3;3-4H,1-2H3/b;4-3-/t19-,20?,25?;/m0./s1. The van der Waals surface area contributed by atoms with E-state index in [1.165, 1.54) is 5.69 Å². The number of ether oxygens (including phenoxy) is 1. The van der Waals surface area contributed by atoms with Gasteiger partial charge in [0.1, 0.15) is 11.4 Å². The molecule has 0 spiro atoms. The third kappa shape index (κ3) is 8.74. The molecule has 3 atom stereocenters. The van der Waals surface area contributed by atoms with Gasteiger partial charge in [-0.2, -0.15) is 0 Å². The molecule has 2 heterocycles. The molecule has 1 fully saturated rings. The monoisotopic (exact) mass is 510 g/mol. The summed E-state index contributed by atoms with van der Waals surface area (Å²) in [7, 11) is 0. The summed E-state index contributed by atoms with van der Waals surface area (Å²) in [5.74, 6) is 1.12. The summed E-state index contributed by atoms with van der Waals surface area (Å²) in [5, 5.41) is 0. The first-order chi connectivity index (χ1) is 17.4. The molecule has 1 amide bonds. The first kappa shape index (κ1) is 30.6. The molecule has 0 N–H and O–H groups in total. The zero-order chi connectivity index (χ0) is 27.8. The van der Waals surface area contributed by atoms with Crippen molar-refractivity contribution in [3.8, 4) is 0 Å². The molecule has 3 rings (SSSR count). The molecule has 0 bridgehead atoms. The third-order valence-electron chi connectivity index (χ3n) is 7.10. The fourth-order valence-electron chi connectivity index (χ4n) is 5.24. The molecule has 37 heavy (non-hydrogen) atoms. The Labute approximate surface area is 225 Å². The predicted molar refractivity (Wildman–Crippen MR) is 155 cm³/mol. The van der Waals surface area contributed by atoms with Crippen LogP contribution in [0.15, 0.2) is 42.5 Å². The number of imidazole rings is 1. The summed E-state index contributed by atoms with van der Waals surface area (Å²) in [6.45, 7) is 22.4. The number of amides is 1. The van der Waals surface area contributed by atoms with Crippen LogP contribution in [0.2, 0.25) is 0 Å². The second-order valence-corrected chi connectivity index (χ2v) is 11.2. The van der Waals surface area contributed by atoms with Gasteiger partial charge in [0.25, 0.3) is 0 Å². The summed E-state index contributed by atoms with van der Waals surface area (Å²) in [6.07, 6.45) is 6.86. The van der Waals surface area contributed by atoms with Gasteiger partial charge in [0.2, 0.25) is 0 Å². The summed E-state index contributed by atoms with van der Waals surface area (Å²) >= 11 is 0. The van der Waals surface area contributed by atoms with E-state index in [-0.39, 0.29) is 6.09 Å². The topological polar surface area (TPSA) is 50.6 Å². The van der Waals surface area contributed by atoms with Crippen LogP contribution in [-0.4, -0.2) is 51.3 Å². The number of rotatable bonds is 6. The number of aryl methyl sites for hydroxylation is 2. The minimum Gasteiger partial charge on any atom is -0.443 e. The van der Waals surface area contributed by atoms with Crippen LogP contribution >= 0.6 is 0 Å². The van der Waals surface area contributed by atoms with E-state index in [1.807, 2.05) is 77.1 Å². The molecule has 1 aliphatic rings. The number of likely N-dealkylation sites (tertiary alicyclic amines) is 1. The van der Waals surface area contributed by atoms with Crippen molar-refractivity contribution in [2.45, 2.75) is 112 Å². The lowest BCUT2D eigenvalue weighted by molar-refractivity contribution is 0.0566. The number of benzene rings is 1. The number of carbonyl (C=O) groups is 1. The number of para-hydroxylation sites is 1. The van der Waals surface area contributed by atoms with E-state index in [0.717, 1.165) is 43.0 Å². The minimum absolute atomic E-state index is 0.282. The van der Waals surface area contributed by atoms with Gasteiger partial charge in [-0.3, -0.25) is 9.80 Å². The maximum absolute atomic E-state index is 12.9. The van der Waals surface area contributed by atoms with Crippen molar-refractivity contribution in [3.05, 3.63) is 59.7 Å². The summed E-state index contributed by atoms with van der Waals surface area (Å²) in [5.41, 5.74) is 2.80. The van der Waals surface area contributed by atoms with Gasteiger partial charge in [0, 0.05) is 42.6 Å². The average Bonchev–Trinajstić information content (AvgIpc) is 3.08. The van der Waals surface area contributed by atoms with E-state index >= 15 is 0 Å². The number of piperidine rings is 1. The summed E-state index contributed by atoms with van der Waals surface area (Å²) < 4.78 is 8.13. The van der Waals surface area contributed by atoms with Crippen LogP contribution < -0.4 is 4.90 Å². The highest BCUT2D eigenvalue weighted by Gasteiger charge is 2.33. The van der Waals surface area contributed by atoms with E-state index in [9.17, 15) is 4.79 Å². The van der Waals surface area contributed by atoms with Crippen LogP contribution in [0.3, 0.4) is 0 Å². The highest BCUT2D eigenvalue weighted by Crippen LogP contribution is 2.33. The SMILES string of the molecule is C/C=C\C.Cc1nc(C)n(C2CC(C)N(CCCN(C(=O)OC(C)(C)C)c3ccccc3)[C@@H](C)C2)c1C. The van der Waals surface area contributed by atoms with E-state index in [0.29, 0.717) is 24.7 Å². The lowest BCUT2D eigenvalue weighted by Gasteiger charge is -2.44. The molecule has 1 aliphatic heterocycles. The molecule has 0 aliphatic carbocycles. The van der Waals surface area contributed by atoms with Gasteiger partial charge in [0.05, 0.1) is 5.69 Å². The molecule has 2 unspecified atom stereocenters. The quantitative estimate of drug-likeness (QED) is 0.375. The first-order valence-electron chi connectivity index (χ1n) is 13.8. The molecular formula is C31H50N4O2. The van der Waals surface area contributed by atoms with Gasteiger partial charge in [-0.05, 0) is 101 Å². The van der Waals surface area contributed by atoms with Crippen LogP contribution in [0.25, 0.3) is 0 Å². The molecular weight excluding hydrogens is 460 g/mol. The second-order valence-electron chi connectivity index (χ2n) is 11.2. The zero-order valence-electron chi connectivity index (χ0n) is 24.9. The normalized spacial score (nSPS) is 20.4. The Morgan fingerprint density at radius 2 is 1.62 bits per heavy atom. The summed E-state index contributed by atoms with van der Waals surface area (Å²) in [6, 6.07) is 11.3. The highest BCUT2D eigenvalue weighted by molar-refractivity contribution is 5.87. The van der Waals surface area contributed by atoms with E-state index < -0.39 is 5.60 Å². The second kappa shape index (κ2) is 13.8. The first-order valence-corrected chi connectivity index (χ1v) is 13.8. The fourth-order valence-corrected chi connectivity index (χ4v) is 5.24. The van der Waals surface area contributed by atoms with Crippen LogP contribution in [0.1, 0.15) is 91.0 Å². The molecule has 6 heteroatoms. The zero-order valence-corrected chi connectivity index (χ0v) is 24.9. The largest absolute Gasteiger partial charge is 0.443 e. The maximum Gasteiger partial charge on any atom is 0.414 e. The van der Waals surface area contributed by atoms with Crippen molar-refractivity contribution < 1.29 is 9.53 Å². The highest BCUT2D eigenvalue weighted by atomic mass is 16.6. The number of anilines is 1. The number of hydrogen-bond donors (Lipinski definition) is 0. The Bertz CT molecular complexity index is 990. The Balaban J connectivity index is 0.00000112. The lowest BCUT2D eigenvalue weighted by Crippen LogP contribution is -2.48. The number of aromatic nitrogens is 2. The lowest BCUT2D eigenvalue weighted by atomic mass is 9.92. The molecule has 6 nitrogen and oxygen atoms in total. The molecule has 1 aromatic heterocycles. The van der Waals surface area contributed by atoms with Gasteiger partial charge in [-0.15, -0.1) is 0 Å². The van der Waals surface area contributed by atoms with Gasteiger partial charge in [-0.1, -0.05) is 30.4 Å². The fraction of sp³-hybridized carbons (Fsp3) is 0.613. The number of allylic oxidation sites excluding steroid dienone is 2. The molecule has 2 aromatic rings. The number of carbonyl (C=O) groups excluding carboxylic acids is 1. The van der Waals surface area contributed by atoms with Crippen molar-refractivity contribution in [1.29, 1.82) is 0 Å². The number of hydrogen-bond acceptors (Lipinski definition) is 4. The van der Waals surface area contributed by atoms with E-state index in [2.05, 4.69) is 44.1 Å². The van der Waals surface area contributed by atoms with Crippen LogP contribution in [0.4, 0.5) is 10.5 Å². The molecule has 1 aromatic carbocycles. The Hall–Kier alpha value is -2.60. The molecule has 206 valence electrons. The average molecular weight is 511 g/mol. The van der Waals surface area contributed by atoms with Crippen molar-refractivity contribution in [1.82, 2.24) is 14.5 Å².